The summed E-state index contributed by atoms with van der Waals surface area (Å²) >= 11 is 0. The van der Waals surface area contributed by atoms with Gasteiger partial charge in [-0.1, -0.05) is 12.1 Å². The number of ketones is 1. The molecular formula is C23H27FN2O3. The Bertz CT molecular complexity index is 876. The Morgan fingerprint density at radius 3 is 2.52 bits per heavy atom. The summed E-state index contributed by atoms with van der Waals surface area (Å²) in [5.41, 5.74) is 2.08. The maximum atomic E-state index is 13.4. The number of halogens is 1. The highest BCUT2D eigenvalue weighted by Crippen LogP contribution is 2.15. The first-order valence-electron chi connectivity index (χ1n) is 9.88. The topological polar surface area (TPSA) is 49.9 Å². The van der Waals surface area contributed by atoms with Crippen LogP contribution < -0.4 is 4.74 Å². The number of rotatable bonds is 7. The minimum atomic E-state index is -0.303. The van der Waals surface area contributed by atoms with Crippen molar-refractivity contribution in [2.24, 2.45) is 0 Å². The van der Waals surface area contributed by atoms with Gasteiger partial charge in [-0.25, -0.2) is 4.39 Å². The van der Waals surface area contributed by atoms with Crippen LogP contribution in [0.25, 0.3) is 0 Å². The second-order valence-corrected chi connectivity index (χ2v) is 7.40. The lowest BCUT2D eigenvalue weighted by Crippen LogP contribution is -2.50. The van der Waals surface area contributed by atoms with Crippen LogP contribution in [0.15, 0.2) is 42.5 Å². The largest absolute Gasteiger partial charge is 0.497 e. The Hall–Kier alpha value is -2.73. The molecule has 29 heavy (non-hydrogen) atoms. The molecule has 0 unspecified atom stereocenters. The summed E-state index contributed by atoms with van der Waals surface area (Å²) in [5, 5.41) is 0. The first-order chi connectivity index (χ1) is 14.0. The van der Waals surface area contributed by atoms with E-state index in [1.807, 2.05) is 34.1 Å². The minimum absolute atomic E-state index is 0.0223. The van der Waals surface area contributed by atoms with E-state index in [2.05, 4.69) is 0 Å². The summed E-state index contributed by atoms with van der Waals surface area (Å²) in [6.07, 6.45) is 1.14. The van der Waals surface area contributed by atoms with Crippen molar-refractivity contribution in [1.29, 1.82) is 0 Å². The number of carbonyl (C=O) groups is 2. The number of hydrogen-bond acceptors (Lipinski definition) is 4. The molecule has 1 aliphatic rings. The predicted octanol–water partition coefficient (Wildman–Crippen LogP) is 3.10. The van der Waals surface area contributed by atoms with E-state index in [-0.39, 0.29) is 24.1 Å². The van der Waals surface area contributed by atoms with Crippen LogP contribution in [0.1, 0.15) is 27.9 Å². The Kier molecular flexibility index (Phi) is 6.99. The van der Waals surface area contributed by atoms with Crippen molar-refractivity contribution in [3.8, 4) is 5.75 Å². The molecule has 0 aliphatic carbocycles. The van der Waals surface area contributed by atoms with Crippen LogP contribution in [0.5, 0.6) is 5.75 Å². The van der Waals surface area contributed by atoms with E-state index in [4.69, 9.17) is 4.74 Å². The van der Waals surface area contributed by atoms with Crippen LogP contribution >= 0.6 is 0 Å². The van der Waals surface area contributed by atoms with E-state index in [0.717, 1.165) is 11.3 Å². The van der Waals surface area contributed by atoms with Crippen molar-refractivity contribution in [2.75, 3.05) is 39.8 Å². The average Bonchev–Trinajstić information content (AvgIpc) is 2.74. The molecule has 1 amide bonds. The molecular weight excluding hydrogens is 371 g/mol. The molecule has 0 spiro atoms. The van der Waals surface area contributed by atoms with Crippen LogP contribution in [0.4, 0.5) is 4.39 Å². The molecule has 0 bridgehead atoms. The third kappa shape index (κ3) is 5.64. The fraction of sp³-hybridized carbons (Fsp3) is 0.391. The molecule has 3 rings (SSSR count). The first-order valence-corrected chi connectivity index (χ1v) is 9.88. The quantitative estimate of drug-likeness (QED) is 0.673. The normalized spacial score (nSPS) is 14.7. The zero-order valence-electron chi connectivity index (χ0n) is 17.0. The van der Waals surface area contributed by atoms with Gasteiger partial charge in [0, 0.05) is 38.2 Å². The van der Waals surface area contributed by atoms with Gasteiger partial charge in [0.15, 0.2) is 5.78 Å². The monoisotopic (exact) mass is 398 g/mol. The number of methoxy groups -OCH3 is 1. The number of carbonyl (C=O) groups excluding carboxylic acids is 2. The molecule has 1 heterocycles. The summed E-state index contributed by atoms with van der Waals surface area (Å²) in [7, 11) is 1.63. The maximum absolute atomic E-state index is 13.4. The van der Waals surface area contributed by atoms with Gasteiger partial charge in [-0.3, -0.25) is 14.5 Å². The number of benzene rings is 2. The molecule has 1 saturated heterocycles. The summed E-state index contributed by atoms with van der Waals surface area (Å²) in [6.45, 7) is 4.51. The molecule has 1 fully saturated rings. The Labute approximate surface area is 171 Å². The maximum Gasteiger partial charge on any atom is 0.222 e. The molecule has 0 radical (unpaired) electrons. The van der Waals surface area contributed by atoms with Crippen molar-refractivity contribution < 1.29 is 18.7 Å². The van der Waals surface area contributed by atoms with Gasteiger partial charge in [0.2, 0.25) is 5.91 Å². The predicted molar refractivity (Wildman–Crippen MR) is 110 cm³/mol. The summed E-state index contributed by atoms with van der Waals surface area (Å²) in [6, 6.07) is 12.2. The lowest BCUT2D eigenvalue weighted by atomic mass is 10.1. The third-order valence-corrected chi connectivity index (χ3v) is 5.33. The zero-order chi connectivity index (χ0) is 20.8. The number of amides is 1. The van der Waals surface area contributed by atoms with Gasteiger partial charge in [-0.2, -0.15) is 0 Å². The van der Waals surface area contributed by atoms with E-state index in [1.54, 1.807) is 20.1 Å². The number of ether oxygens (including phenoxy) is 1. The van der Waals surface area contributed by atoms with E-state index >= 15 is 0 Å². The van der Waals surface area contributed by atoms with Crippen LogP contribution in [0.2, 0.25) is 0 Å². The van der Waals surface area contributed by atoms with Gasteiger partial charge in [-0.15, -0.1) is 0 Å². The highest BCUT2D eigenvalue weighted by Gasteiger charge is 2.22. The lowest BCUT2D eigenvalue weighted by Gasteiger charge is -2.34. The SMILES string of the molecule is COc1cccc(CCC(=O)N2CCN(CC(=O)c3ccc(F)c(C)c3)CC2)c1. The van der Waals surface area contributed by atoms with Crippen molar-refractivity contribution in [1.82, 2.24) is 9.80 Å². The van der Waals surface area contributed by atoms with Gasteiger partial charge in [0.05, 0.1) is 13.7 Å². The summed E-state index contributed by atoms with van der Waals surface area (Å²) in [5.74, 6) is 0.603. The molecule has 2 aromatic carbocycles. The van der Waals surface area contributed by atoms with E-state index in [1.165, 1.54) is 12.1 Å². The van der Waals surface area contributed by atoms with Gasteiger partial charge < -0.3 is 9.64 Å². The van der Waals surface area contributed by atoms with Crippen molar-refractivity contribution in [3.63, 3.8) is 0 Å². The van der Waals surface area contributed by atoms with E-state index < -0.39 is 0 Å². The molecule has 0 aromatic heterocycles. The van der Waals surface area contributed by atoms with Crippen LogP contribution in [-0.2, 0) is 11.2 Å². The standard InChI is InChI=1S/C23H27FN2O3/c1-17-14-19(7-8-21(17)24)22(27)16-25-10-12-26(13-11-25)23(28)9-6-18-4-3-5-20(15-18)29-2/h3-5,7-8,14-15H,6,9-13,16H2,1-2H3. The number of nitrogens with zero attached hydrogens (tertiary/aromatic N) is 2. The van der Waals surface area contributed by atoms with E-state index in [0.29, 0.717) is 50.1 Å². The van der Waals surface area contributed by atoms with Crippen LogP contribution in [0, 0.1) is 12.7 Å². The first kappa shape index (κ1) is 21.0. The van der Waals surface area contributed by atoms with Gasteiger partial charge in [0.1, 0.15) is 11.6 Å². The fourth-order valence-corrected chi connectivity index (χ4v) is 3.51. The van der Waals surface area contributed by atoms with Crippen molar-refractivity contribution in [2.45, 2.75) is 19.8 Å². The molecule has 0 N–H and O–H groups in total. The van der Waals surface area contributed by atoms with Gasteiger partial charge in [-0.05, 0) is 54.8 Å². The highest BCUT2D eigenvalue weighted by atomic mass is 19.1. The van der Waals surface area contributed by atoms with E-state index in [9.17, 15) is 14.0 Å². The van der Waals surface area contributed by atoms with Gasteiger partial charge in [0.25, 0.3) is 0 Å². The minimum Gasteiger partial charge on any atom is -0.497 e. The second kappa shape index (κ2) is 9.65. The van der Waals surface area contributed by atoms with Crippen LogP contribution in [0.3, 0.4) is 0 Å². The lowest BCUT2D eigenvalue weighted by molar-refractivity contribution is -0.132. The molecule has 0 atom stereocenters. The number of Topliss-reactive ketones (excluding diaryl/α,β-unsaturated/α-hetero) is 1. The van der Waals surface area contributed by atoms with Crippen molar-refractivity contribution >= 4 is 11.7 Å². The number of hydrogen-bond donors (Lipinski definition) is 0. The molecule has 154 valence electrons. The third-order valence-electron chi connectivity index (χ3n) is 5.33. The van der Waals surface area contributed by atoms with Crippen molar-refractivity contribution in [3.05, 3.63) is 65.0 Å². The Morgan fingerprint density at radius 1 is 1.07 bits per heavy atom. The average molecular weight is 398 g/mol. The van der Waals surface area contributed by atoms with Crippen LogP contribution in [-0.4, -0.2) is 61.3 Å². The molecule has 2 aromatic rings. The highest BCUT2D eigenvalue weighted by molar-refractivity contribution is 5.97. The molecule has 5 nitrogen and oxygen atoms in total. The summed E-state index contributed by atoms with van der Waals surface area (Å²) in [4.78, 5) is 28.9. The fourth-order valence-electron chi connectivity index (χ4n) is 3.51. The Morgan fingerprint density at radius 2 is 1.83 bits per heavy atom. The zero-order valence-corrected chi connectivity index (χ0v) is 17.0. The Balaban J connectivity index is 1.45. The smallest absolute Gasteiger partial charge is 0.222 e. The summed E-state index contributed by atoms with van der Waals surface area (Å²) < 4.78 is 18.6. The molecule has 1 aliphatic heterocycles. The second-order valence-electron chi connectivity index (χ2n) is 7.40. The molecule has 6 heteroatoms. The number of aryl methyl sites for hydroxylation is 2. The van der Waals surface area contributed by atoms with Gasteiger partial charge >= 0.3 is 0 Å². The number of piperazine rings is 1. The molecule has 0 saturated carbocycles.